The monoisotopic (exact) mass is 405 g/mol. The fourth-order valence-electron chi connectivity index (χ4n) is 5.41. The fourth-order valence-corrected chi connectivity index (χ4v) is 5.41. The maximum absolute atomic E-state index is 13.3. The number of benzene rings is 1. The van der Waals surface area contributed by atoms with E-state index >= 15 is 0 Å². The van der Waals surface area contributed by atoms with Gasteiger partial charge >= 0.3 is 0 Å². The summed E-state index contributed by atoms with van der Waals surface area (Å²) in [4.78, 5) is 15.5. The second-order valence-corrected chi connectivity index (χ2v) is 8.93. The molecule has 5 rings (SSSR count). The molecule has 6 heteroatoms. The van der Waals surface area contributed by atoms with Gasteiger partial charge in [-0.15, -0.1) is 0 Å². The third-order valence-corrected chi connectivity index (χ3v) is 7.06. The van der Waals surface area contributed by atoms with Crippen molar-refractivity contribution in [2.75, 3.05) is 19.8 Å². The third-order valence-electron chi connectivity index (χ3n) is 7.06. The molecule has 3 aliphatic rings. The van der Waals surface area contributed by atoms with Crippen LogP contribution in [0.3, 0.4) is 0 Å². The first-order valence-electron chi connectivity index (χ1n) is 10.8. The predicted octanol–water partition coefficient (Wildman–Crippen LogP) is 2.63. The normalized spacial score (nSPS) is 26.0. The lowest BCUT2D eigenvalue weighted by molar-refractivity contribution is -0.0318. The van der Waals surface area contributed by atoms with E-state index in [1.54, 1.807) is 0 Å². The van der Waals surface area contributed by atoms with Gasteiger partial charge in [-0.1, -0.05) is 0 Å². The van der Waals surface area contributed by atoms with Crippen LogP contribution >= 0.6 is 0 Å². The Morgan fingerprint density at radius 2 is 2.03 bits per heavy atom. The van der Waals surface area contributed by atoms with Gasteiger partial charge in [0.15, 0.2) is 5.78 Å². The minimum Gasteiger partial charge on any atom is -0.391 e. The van der Waals surface area contributed by atoms with Crippen LogP contribution in [0.5, 0.6) is 0 Å². The molecular weight excluding hydrogens is 378 g/mol. The number of aliphatic hydroxyl groups is 1. The Balaban J connectivity index is 1.46. The minimum absolute atomic E-state index is 0.122. The van der Waals surface area contributed by atoms with Gasteiger partial charge in [-0.05, 0) is 62.9 Å². The molecular formula is C24H27N3O3. The van der Waals surface area contributed by atoms with E-state index in [1.165, 1.54) is 0 Å². The average molecular weight is 405 g/mol. The Labute approximate surface area is 176 Å². The van der Waals surface area contributed by atoms with Gasteiger partial charge in [0, 0.05) is 40.6 Å². The van der Waals surface area contributed by atoms with Crippen LogP contribution in [0.25, 0.3) is 5.69 Å². The van der Waals surface area contributed by atoms with Crippen LogP contribution in [0.15, 0.2) is 30.3 Å². The lowest BCUT2D eigenvalue weighted by Gasteiger charge is -2.26. The number of ketones is 1. The zero-order chi connectivity index (χ0) is 20.8. The fraction of sp³-hybridized carbons (Fsp3) is 0.500. The molecule has 2 bridgehead atoms. The molecule has 1 aromatic heterocycles. The number of carbonyl (C=O) groups is 1. The van der Waals surface area contributed by atoms with Crippen molar-refractivity contribution in [1.82, 2.24) is 9.47 Å². The van der Waals surface area contributed by atoms with E-state index < -0.39 is 0 Å². The topological polar surface area (TPSA) is 78.5 Å². The number of Topliss-reactive ketones (excluding diaryl/α,β-unsaturated/α-hetero) is 1. The molecule has 3 fully saturated rings. The van der Waals surface area contributed by atoms with Gasteiger partial charge in [0.05, 0.1) is 37.5 Å². The molecule has 156 valence electrons. The van der Waals surface area contributed by atoms with Gasteiger partial charge in [0.2, 0.25) is 0 Å². The number of ether oxygens (including phenoxy) is 1. The molecule has 3 atom stereocenters. The van der Waals surface area contributed by atoms with E-state index in [2.05, 4.69) is 15.5 Å². The van der Waals surface area contributed by atoms with E-state index in [1.807, 2.05) is 37.3 Å². The van der Waals surface area contributed by atoms with Gasteiger partial charge in [0.1, 0.15) is 0 Å². The summed E-state index contributed by atoms with van der Waals surface area (Å²) >= 11 is 0. The number of aliphatic hydroxyl groups excluding tert-OH is 1. The summed E-state index contributed by atoms with van der Waals surface area (Å²) in [6.07, 6.45) is 3.41. The largest absolute Gasteiger partial charge is 0.391 e. The van der Waals surface area contributed by atoms with Crippen molar-refractivity contribution in [2.24, 2.45) is 5.92 Å². The van der Waals surface area contributed by atoms with Crippen LogP contribution in [0.2, 0.25) is 0 Å². The highest BCUT2D eigenvalue weighted by Crippen LogP contribution is 2.38. The molecule has 0 radical (unpaired) electrons. The summed E-state index contributed by atoms with van der Waals surface area (Å²) in [6, 6.07) is 12.2. The lowest BCUT2D eigenvalue weighted by atomic mass is 9.98. The molecule has 30 heavy (non-hydrogen) atoms. The van der Waals surface area contributed by atoms with E-state index in [9.17, 15) is 9.90 Å². The number of aromatic nitrogens is 1. The first kappa shape index (κ1) is 19.5. The first-order chi connectivity index (χ1) is 14.5. The summed E-state index contributed by atoms with van der Waals surface area (Å²) in [7, 11) is 0. The number of carbonyl (C=O) groups excluding carboxylic acids is 1. The molecule has 3 aliphatic heterocycles. The van der Waals surface area contributed by atoms with Crippen LogP contribution in [-0.2, 0) is 11.2 Å². The summed E-state index contributed by atoms with van der Waals surface area (Å²) in [6.45, 7) is 3.89. The summed E-state index contributed by atoms with van der Waals surface area (Å²) in [5.41, 5.74) is 4.40. The van der Waals surface area contributed by atoms with E-state index in [-0.39, 0.29) is 17.9 Å². The second-order valence-electron chi connectivity index (χ2n) is 8.93. The van der Waals surface area contributed by atoms with Crippen molar-refractivity contribution in [2.45, 2.75) is 50.8 Å². The van der Waals surface area contributed by atoms with Gasteiger partial charge in [-0.3, -0.25) is 9.69 Å². The third kappa shape index (κ3) is 3.27. The summed E-state index contributed by atoms with van der Waals surface area (Å²) < 4.78 is 7.51. The van der Waals surface area contributed by atoms with Crippen LogP contribution in [0.4, 0.5) is 0 Å². The van der Waals surface area contributed by atoms with Gasteiger partial charge in [0.25, 0.3) is 0 Å². The molecule has 0 aliphatic carbocycles. The van der Waals surface area contributed by atoms with Gasteiger partial charge in [-0.25, -0.2) is 0 Å². The van der Waals surface area contributed by atoms with Crippen LogP contribution < -0.4 is 0 Å². The molecule has 0 amide bonds. The molecule has 2 unspecified atom stereocenters. The van der Waals surface area contributed by atoms with E-state index in [0.717, 1.165) is 61.5 Å². The zero-order valence-electron chi connectivity index (χ0n) is 17.3. The number of hydrogen-bond donors (Lipinski definition) is 1. The second kappa shape index (κ2) is 7.66. The Bertz CT molecular complexity index is 1000. The number of nitriles is 1. The molecule has 3 saturated heterocycles. The Morgan fingerprint density at radius 3 is 2.60 bits per heavy atom. The first-order valence-corrected chi connectivity index (χ1v) is 10.8. The molecule has 1 aromatic carbocycles. The average Bonchev–Trinajstić information content (AvgIpc) is 3.34. The van der Waals surface area contributed by atoms with Crippen LogP contribution in [0, 0.1) is 24.2 Å². The molecule has 2 aromatic rings. The van der Waals surface area contributed by atoms with E-state index in [4.69, 9.17) is 10.00 Å². The molecule has 0 spiro atoms. The highest BCUT2D eigenvalue weighted by molar-refractivity contribution is 5.99. The molecule has 6 nitrogen and oxygen atoms in total. The van der Waals surface area contributed by atoms with Gasteiger partial charge in [-0.2, -0.15) is 5.26 Å². The standard InChI is InChI=1S/C24H27N3O3/c1-15-21(24(29)12-26-19-6-7-22(26)23(28)10-19)9-20(8-17-13-30-14-17)27(15)18-4-2-16(11-25)3-5-18/h2-5,9,17,19,22-23,28H,6-8,10,12-14H2,1H3/t19?,22?,23-/m1/s1. The molecule has 0 saturated carbocycles. The van der Waals surface area contributed by atoms with Crippen molar-refractivity contribution in [3.05, 3.63) is 52.8 Å². The number of rotatable bonds is 6. The smallest absolute Gasteiger partial charge is 0.178 e. The maximum atomic E-state index is 13.3. The number of hydrogen-bond acceptors (Lipinski definition) is 5. The highest BCUT2D eigenvalue weighted by Gasteiger charge is 2.46. The van der Waals surface area contributed by atoms with Crippen molar-refractivity contribution in [1.29, 1.82) is 5.26 Å². The lowest BCUT2D eigenvalue weighted by Crippen LogP contribution is -2.36. The Hall–Kier alpha value is -2.46. The predicted molar refractivity (Wildman–Crippen MR) is 112 cm³/mol. The Morgan fingerprint density at radius 1 is 1.27 bits per heavy atom. The van der Waals surface area contributed by atoms with Gasteiger partial charge < -0.3 is 14.4 Å². The van der Waals surface area contributed by atoms with Crippen molar-refractivity contribution < 1.29 is 14.6 Å². The quantitative estimate of drug-likeness (QED) is 0.748. The molecule has 1 N–H and O–H groups in total. The zero-order valence-corrected chi connectivity index (χ0v) is 17.3. The SMILES string of the molecule is Cc1c(C(=O)CN2C3CCC2[C@H](O)C3)cc(CC2COC2)n1-c1ccc(C#N)cc1. The van der Waals surface area contributed by atoms with Crippen molar-refractivity contribution in [3.63, 3.8) is 0 Å². The molecule has 4 heterocycles. The summed E-state index contributed by atoms with van der Waals surface area (Å²) in [5, 5.41) is 19.3. The van der Waals surface area contributed by atoms with Crippen molar-refractivity contribution in [3.8, 4) is 11.8 Å². The maximum Gasteiger partial charge on any atom is 0.178 e. The van der Waals surface area contributed by atoms with Crippen LogP contribution in [-0.4, -0.2) is 58.3 Å². The summed E-state index contributed by atoms with van der Waals surface area (Å²) in [5.74, 6) is 0.598. The van der Waals surface area contributed by atoms with Crippen LogP contribution in [0.1, 0.15) is 46.6 Å². The van der Waals surface area contributed by atoms with E-state index in [0.29, 0.717) is 24.1 Å². The minimum atomic E-state index is -0.296. The number of nitrogens with zero attached hydrogens (tertiary/aromatic N) is 3. The Kier molecular flexibility index (Phi) is 4.98. The van der Waals surface area contributed by atoms with Crippen molar-refractivity contribution >= 4 is 5.78 Å². The highest BCUT2D eigenvalue weighted by atomic mass is 16.5. The number of fused-ring (bicyclic) bond motifs is 2.